The van der Waals surface area contributed by atoms with E-state index < -0.39 is 10.9 Å². The maximum absolute atomic E-state index is 11.3. The van der Waals surface area contributed by atoms with Gasteiger partial charge in [0.1, 0.15) is 0 Å². The Morgan fingerprint density at radius 3 is 2.57 bits per heavy atom. The molecule has 0 bridgehead atoms. The number of likely N-dealkylation sites (tertiary alicyclic amines) is 1. The third kappa shape index (κ3) is 2.78. The minimum absolute atomic E-state index is 0.0905. The van der Waals surface area contributed by atoms with Crippen molar-refractivity contribution in [3.8, 4) is 0 Å². The van der Waals surface area contributed by atoms with Crippen LogP contribution in [0.25, 0.3) is 0 Å². The van der Waals surface area contributed by atoms with Gasteiger partial charge in [0.25, 0.3) is 5.69 Å². The zero-order valence-corrected chi connectivity index (χ0v) is 12.8. The van der Waals surface area contributed by atoms with Crippen molar-refractivity contribution in [2.75, 3.05) is 13.1 Å². The topological polar surface area (TPSA) is 101 Å². The van der Waals surface area contributed by atoms with Gasteiger partial charge in [0.15, 0.2) is 0 Å². The number of hydrogen-bond acceptors (Lipinski definition) is 4. The number of carbonyl (C=O) groups excluding carboxylic acids is 1. The molecule has 1 saturated heterocycles. The van der Waals surface area contributed by atoms with Gasteiger partial charge in [0, 0.05) is 37.1 Å². The molecule has 7 nitrogen and oxygen atoms in total. The van der Waals surface area contributed by atoms with Crippen LogP contribution in [0.15, 0.2) is 18.2 Å². The summed E-state index contributed by atoms with van der Waals surface area (Å²) in [6.45, 7) is 3.11. The van der Waals surface area contributed by atoms with E-state index >= 15 is 0 Å². The van der Waals surface area contributed by atoms with Gasteiger partial charge in [-0.25, -0.2) is 0 Å². The maximum atomic E-state index is 11.3. The fourth-order valence-electron chi connectivity index (χ4n) is 3.78. The van der Waals surface area contributed by atoms with Crippen LogP contribution in [-0.4, -0.2) is 39.9 Å². The van der Waals surface area contributed by atoms with Crippen LogP contribution in [0.1, 0.15) is 36.8 Å². The van der Waals surface area contributed by atoms with Gasteiger partial charge in [-0.3, -0.25) is 19.7 Å². The number of benzene rings is 1. The first-order chi connectivity index (χ1) is 10.8. The van der Waals surface area contributed by atoms with Crippen molar-refractivity contribution in [1.82, 2.24) is 4.90 Å². The Bertz CT molecular complexity index is 686. The van der Waals surface area contributed by atoms with Crippen LogP contribution in [-0.2, 0) is 16.0 Å². The second-order valence-electron chi connectivity index (χ2n) is 6.70. The summed E-state index contributed by atoms with van der Waals surface area (Å²) in [6, 6.07) is 4.86. The van der Waals surface area contributed by atoms with E-state index in [0.717, 1.165) is 31.5 Å². The van der Waals surface area contributed by atoms with Crippen molar-refractivity contribution in [1.29, 1.82) is 0 Å². The average Bonchev–Trinajstić information content (AvgIpc) is 2.35. The van der Waals surface area contributed by atoms with E-state index in [-0.39, 0.29) is 34.9 Å². The summed E-state index contributed by atoms with van der Waals surface area (Å²) >= 11 is 0. The van der Waals surface area contributed by atoms with Crippen LogP contribution in [0.3, 0.4) is 0 Å². The highest BCUT2D eigenvalue weighted by molar-refractivity contribution is 5.74. The minimum atomic E-state index is -1.08. The number of aliphatic carboxylic acids is 1. The summed E-state index contributed by atoms with van der Waals surface area (Å²) in [4.78, 5) is 34.5. The third-order valence-electron chi connectivity index (χ3n) is 4.98. The second-order valence-corrected chi connectivity index (χ2v) is 6.70. The molecule has 1 saturated carbocycles. The Labute approximate surface area is 133 Å². The minimum Gasteiger partial charge on any atom is -0.481 e. The van der Waals surface area contributed by atoms with Gasteiger partial charge in [0.2, 0.25) is 5.91 Å². The predicted molar refractivity (Wildman–Crippen MR) is 81.1 cm³/mol. The molecule has 122 valence electrons. The van der Waals surface area contributed by atoms with Gasteiger partial charge < -0.3 is 10.0 Å². The van der Waals surface area contributed by atoms with E-state index in [0.29, 0.717) is 0 Å². The second kappa shape index (κ2) is 5.33. The molecule has 23 heavy (non-hydrogen) atoms. The number of nitro groups is 1. The van der Waals surface area contributed by atoms with Crippen molar-refractivity contribution in [2.45, 2.75) is 32.1 Å². The normalized spacial score (nSPS) is 19.1. The SMILES string of the molecule is CC(=O)N1CC2(CC(c3ccc(CC(=O)O)c([N+](=O)[O-])c3)C2)C1. The molecule has 2 aliphatic rings. The molecule has 3 rings (SSSR count). The van der Waals surface area contributed by atoms with Crippen LogP contribution in [0.5, 0.6) is 0 Å². The lowest BCUT2D eigenvalue weighted by Gasteiger charge is -2.59. The molecule has 0 radical (unpaired) electrons. The van der Waals surface area contributed by atoms with E-state index in [1.165, 1.54) is 6.07 Å². The lowest BCUT2D eigenvalue weighted by molar-refractivity contribution is -0.385. The molecule has 1 spiro atoms. The number of rotatable bonds is 4. The summed E-state index contributed by atoms with van der Waals surface area (Å²) in [5.41, 5.74) is 1.18. The Kier molecular flexibility index (Phi) is 3.58. The van der Waals surface area contributed by atoms with E-state index in [4.69, 9.17) is 5.11 Å². The van der Waals surface area contributed by atoms with E-state index in [1.54, 1.807) is 19.1 Å². The lowest BCUT2D eigenvalue weighted by atomic mass is 9.56. The van der Waals surface area contributed by atoms with Gasteiger partial charge in [-0.05, 0) is 24.3 Å². The molecule has 2 fully saturated rings. The van der Waals surface area contributed by atoms with Gasteiger partial charge in [-0.15, -0.1) is 0 Å². The molecule has 0 atom stereocenters. The Morgan fingerprint density at radius 2 is 2.04 bits per heavy atom. The van der Waals surface area contributed by atoms with Crippen LogP contribution in [0, 0.1) is 15.5 Å². The number of nitrogens with zero attached hydrogens (tertiary/aromatic N) is 2. The van der Waals surface area contributed by atoms with Gasteiger partial charge in [-0.2, -0.15) is 0 Å². The first-order valence-corrected chi connectivity index (χ1v) is 7.54. The molecule has 1 N–H and O–H groups in total. The van der Waals surface area contributed by atoms with Crippen molar-refractivity contribution >= 4 is 17.6 Å². The summed E-state index contributed by atoms with van der Waals surface area (Å²) in [6.07, 6.45) is 1.50. The molecule has 1 aliphatic carbocycles. The number of carbonyl (C=O) groups is 2. The largest absolute Gasteiger partial charge is 0.481 e. The molecule has 1 heterocycles. The van der Waals surface area contributed by atoms with Crippen molar-refractivity contribution in [3.63, 3.8) is 0 Å². The maximum Gasteiger partial charge on any atom is 0.308 e. The Hall–Kier alpha value is -2.44. The highest BCUT2D eigenvalue weighted by Crippen LogP contribution is 2.56. The Balaban J connectivity index is 1.71. The summed E-state index contributed by atoms with van der Waals surface area (Å²) in [5, 5.41) is 20.0. The number of hydrogen-bond donors (Lipinski definition) is 1. The monoisotopic (exact) mass is 318 g/mol. The van der Waals surface area contributed by atoms with Gasteiger partial charge in [0.05, 0.1) is 11.3 Å². The van der Waals surface area contributed by atoms with Crippen LogP contribution >= 0.6 is 0 Å². The number of carboxylic acids is 1. The number of nitro benzene ring substituents is 1. The van der Waals surface area contributed by atoms with Crippen molar-refractivity contribution in [2.24, 2.45) is 5.41 Å². The lowest BCUT2D eigenvalue weighted by Crippen LogP contribution is -2.62. The molecule has 0 unspecified atom stereocenters. The van der Waals surface area contributed by atoms with Crippen LogP contribution in [0.4, 0.5) is 5.69 Å². The molecule has 1 aromatic carbocycles. The average molecular weight is 318 g/mol. The highest BCUT2D eigenvalue weighted by Gasteiger charge is 2.53. The molecular weight excluding hydrogens is 300 g/mol. The fourth-order valence-corrected chi connectivity index (χ4v) is 3.78. The summed E-state index contributed by atoms with van der Waals surface area (Å²) in [5.74, 6) is -0.739. The zero-order chi connectivity index (χ0) is 16.8. The van der Waals surface area contributed by atoms with Crippen molar-refractivity contribution < 1.29 is 19.6 Å². The molecule has 1 aromatic rings. The highest BCUT2D eigenvalue weighted by atomic mass is 16.6. The van der Waals surface area contributed by atoms with Crippen LogP contribution in [0.2, 0.25) is 0 Å². The smallest absolute Gasteiger partial charge is 0.308 e. The summed E-state index contributed by atoms with van der Waals surface area (Å²) < 4.78 is 0. The predicted octanol–water partition coefficient (Wildman–Crippen LogP) is 1.95. The first-order valence-electron chi connectivity index (χ1n) is 7.54. The third-order valence-corrected chi connectivity index (χ3v) is 4.98. The number of carboxylic acid groups (broad SMARTS) is 1. The van der Waals surface area contributed by atoms with Gasteiger partial charge >= 0.3 is 5.97 Å². The molecule has 7 heteroatoms. The molecule has 1 amide bonds. The molecular formula is C16H18N2O5. The quantitative estimate of drug-likeness (QED) is 0.675. The number of amides is 1. The Morgan fingerprint density at radius 1 is 1.39 bits per heavy atom. The van der Waals surface area contributed by atoms with E-state index in [9.17, 15) is 19.7 Å². The zero-order valence-electron chi connectivity index (χ0n) is 12.8. The fraction of sp³-hybridized carbons (Fsp3) is 0.500. The summed E-state index contributed by atoms with van der Waals surface area (Å²) in [7, 11) is 0. The molecule has 1 aliphatic heterocycles. The molecule has 0 aromatic heterocycles. The van der Waals surface area contributed by atoms with Crippen molar-refractivity contribution in [3.05, 3.63) is 39.4 Å². The van der Waals surface area contributed by atoms with Crippen LogP contribution < -0.4 is 0 Å². The van der Waals surface area contributed by atoms with E-state index in [1.807, 2.05) is 4.90 Å². The first kappa shape index (κ1) is 15.5. The van der Waals surface area contributed by atoms with Gasteiger partial charge in [-0.1, -0.05) is 12.1 Å². The van der Waals surface area contributed by atoms with E-state index in [2.05, 4.69) is 0 Å². The standard InChI is InChI=1S/C16H18N2O5/c1-10(19)17-8-16(9-17)6-13(7-16)11-2-3-12(5-15(20)21)14(4-11)18(22)23/h2-4,13H,5-9H2,1H3,(H,20,21).